The molecular weight excluding hydrogens is 420 g/mol. The largest absolute Gasteiger partial charge is 0.493 e. The van der Waals surface area contributed by atoms with Gasteiger partial charge in [-0.25, -0.2) is 10.2 Å². The van der Waals surface area contributed by atoms with Crippen molar-refractivity contribution in [1.29, 1.82) is 0 Å². The average Bonchev–Trinajstić information content (AvgIpc) is 2.80. The van der Waals surface area contributed by atoms with Gasteiger partial charge >= 0.3 is 5.97 Å². The Morgan fingerprint density at radius 3 is 2.30 bits per heavy atom. The number of para-hydroxylation sites is 1. The SMILES string of the molecule is COc1cc(C=NNC(=O)COc2c(C)cccc2C)ccc1OC(=O)c1ccc(C)cc1. The molecule has 0 fully saturated rings. The van der Waals surface area contributed by atoms with Crippen molar-refractivity contribution in [2.45, 2.75) is 20.8 Å². The lowest BCUT2D eigenvalue weighted by Crippen LogP contribution is -2.25. The van der Waals surface area contributed by atoms with E-state index in [1.807, 2.05) is 51.1 Å². The van der Waals surface area contributed by atoms with Crippen LogP contribution in [0.5, 0.6) is 17.2 Å². The van der Waals surface area contributed by atoms with E-state index < -0.39 is 5.97 Å². The van der Waals surface area contributed by atoms with E-state index in [9.17, 15) is 9.59 Å². The number of hydrogen-bond donors (Lipinski definition) is 1. The zero-order chi connectivity index (χ0) is 23.8. The van der Waals surface area contributed by atoms with E-state index in [4.69, 9.17) is 14.2 Å². The summed E-state index contributed by atoms with van der Waals surface area (Å²) < 4.78 is 16.4. The number of benzene rings is 3. The van der Waals surface area contributed by atoms with Crippen LogP contribution in [0.4, 0.5) is 0 Å². The first-order chi connectivity index (χ1) is 15.9. The molecule has 3 rings (SSSR count). The molecule has 0 saturated carbocycles. The van der Waals surface area contributed by atoms with E-state index in [-0.39, 0.29) is 18.3 Å². The smallest absolute Gasteiger partial charge is 0.343 e. The van der Waals surface area contributed by atoms with Crippen LogP contribution in [-0.2, 0) is 4.79 Å². The number of nitrogens with zero attached hydrogens (tertiary/aromatic N) is 1. The number of hydrazone groups is 1. The van der Waals surface area contributed by atoms with Gasteiger partial charge in [0, 0.05) is 0 Å². The summed E-state index contributed by atoms with van der Waals surface area (Å²) in [5.41, 5.74) is 6.50. The number of esters is 1. The molecule has 0 aliphatic rings. The quantitative estimate of drug-likeness (QED) is 0.240. The van der Waals surface area contributed by atoms with E-state index in [0.717, 1.165) is 16.7 Å². The van der Waals surface area contributed by atoms with Crippen LogP contribution in [0.1, 0.15) is 32.6 Å². The lowest BCUT2D eigenvalue weighted by atomic mass is 10.1. The molecule has 1 amide bonds. The second-order valence-electron chi connectivity index (χ2n) is 7.47. The standard InChI is InChI=1S/C26H26N2O5/c1-17-8-11-21(12-9-17)26(30)33-22-13-10-20(14-23(22)31-4)15-27-28-24(29)16-32-25-18(2)6-5-7-19(25)3/h5-15H,16H2,1-4H3,(H,28,29). The summed E-state index contributed by atoms with van der Waals surface area (Å²) >= 11 is 0. The molecule has 0 aromatic heterocycles. The van der Waals surface area contributed by atoms with Crippen LogP contribution in [0, 0.1) is 20.8 Å². The minimum atomic E-state index is -0.481. The number of ether oxygens (including phenoxy) is 3. The van der Waals surface area contributed by atoms with Crippen molar-refractivity contribution >= 4 is 18.1 Å². The fraction of sp³-hybridized carbons (Fsp3) is 0.192. The van der Waals surface area contributed by atoms with Crippen LogP contribution in [-0.4, -0.2) is 31.8 Å². The Morgan fingerprint density at radius 1 is 0.939 bits per heavy atom. The third-order valence-corrected chi connectivity index (χ3v) is 4.84. The second kappa shape index (κ2) is 10.9. The zero-order valence-corrected chi connectivity index (χ0v) is 19.0. The molecule has 33 heavy (non-hydrogen) atoms. The Kier molecular flexibility index (Phi) is 7.81. The molecule has 0 spiro atoms. The third-order valence-electron chi connectivity index (χ3n) is 4.84. The number of methoxy groups -OCH3 is 1. The molecule has 0 radical (unpaired) electrons. The molecule has 0 aliphatic carbocycles. The monoisotopic (exact) mass is 446 g/mol. The minimum Gasteiger partial charge on any atom is -0.493 e. The van der Waals surface area contributed by atoms with Gasteiger partial charge < -0.3 is 14.2 Å². The Morgan fingerprint density at radius 2 is 1.64 bits per heavy atom. The summed E-state index contributed by atoms with van der Waals surface area (Å²) in [6.07, 6.45) is 1.46. The Bertz CT molecular complexity index is 1150. The highest BCUT2D eigenvalue weighted by atomic mass is 16.6. The van der Waals surface area contributed by atoms with Crippen molar-refractivity contribution in [3.63, 3.8) is 0 Å². The van der Waals surface area contributed by atoms with Crippen LogP contribution in [0.3, 0.4) is 0 Å². The number of aryl methyl sites for hydroxylation is 3. The van der Waals surface area contributed by atoms with Gasteiger partial charge in [-0.2, -0.15) is 5.10 Å². The van der Waals surface area contributed by atoms with Gasteiger partial charge in [0.25, 0.3) is 5.91 Å². The Hall–Kier alpha value is -4.13. The predicted molar refractivity (Wildman–Crippen MR) is 126 cm³/mol. The van der Waals surface area contributed by atoms with Crippen molar-refractivity contribution in [3.05, 3.63) is 88.5 Å². The molecule has 170 valence electrons. The van der Waals surface area contributed by atoms with Gasteiger partial charge in [0.15, 0.2) is 18.1 Å². The van der Waals surface area contributed by atoms with Crippen molar-refractivity contribution in [1.82, 2.24) is 5.43 Å². The zero-order valence-electron chi connectivity index (χ0n) is 19.0. The number of hydrogen-bond acceptors (Lipinski definition) is 6. The molecule has 7 heteroatoms. The van der Waals surface area contributed by atoms with Crippen LogP contribution < -0.4 is 19.6 Å². The molecule has 3 aromatic rings. The van der Waals surface area contributed by atoms with Crippen LogP contribution in [0.2, 0.25) is 0 Å². The fourth-order valence-electron chi connectivity index (χ4n) is 3.07. The van der Waals surface area contributed by atoms with Crippen LogP contribution in [0.25, 0.3) is 0 Å². The first-order valence-corrected chi connectivity index (χ1v) is 10.3. The normalized spacial score (nSPS) is 10.7. The number of rotatable bonds is 8. The molecule has 0 atom stereocenters. The molecule has 7 nitrogen and oxygen atoms in total. The third kappa shape index (κ3) is 6.43. The molecule has 0 heterocycles. The van der Waals surface area contributed by atoms with Gasteiger partial charge in [0.2, 0.25) is 0 Å². The van der Waals surface area contributed by atoms with E-state index >= 15 is 0 Å². The summed E-state index contributed by atoms with van der Waals surface area (Å²) in [5, 5.41) is 3.95. The van der Waals surface area contributed by atoms with Crippen molar-refractivity contribution < 1.29 is 23.8 Å². The molecule has 0 unspecified atom stereocenters. The van der Waals surface area contributed by atoms with Gasteiger partial charge in [0.1, 0.15) is 5.75 Å². The molecule has 3 aromatic carbocycles. The van der Waals surface area contributed by atoms with Crippen molar-refractivity contribution in [2.24, 2.45) is 5.10 Å². The summed E-state index contributed by atoms with van der Waals surface area (Å²) in [4.78, 5) is 24.4. The van der Waals surface area contributed by atoms with Gasteiger partial charge in [-0.05, 0) is 67.8 Å². The van der Waals surface area contributed by atoms with E-state index in [1.54, 1.807) is 30.3 Å². The van der Waals surface area contributed by atoms with E-state index in [0.29, 0.717) is 22.6 Å². The van der Waals surface area contributed by atoms with Gasteiger partial charge in [-0.3, -0.25) is 4.79 Å². The summed E-state index contributed by atoms with van der Waals surface area (Å²) in [5.74, 6) is 0.475. The molecule has 1 N–H and O–H groups in total. The lowest BCUT2D eigenvalue weighted by molar-refractivity contribution is -0.123. The maximum absolute atomic E-state index is 12.4. The maximum atomic E-state index is 12.4. The van der Waals surface area contributed by atoms with Gasteiger partial charge in [-0.1, -0.05) is 35.9 Å². The average molecular weight is 447 g/mol. The van der Waals surface area contributed by atoms with Crippen LogP contribution >= 0.6 is 0 Å². The Labute approximate surface area is 193 Å². The Balaban J connectivity index is 1.58. The number of amides is 1. The summed E-state index contributed by atoms with van der Waals surface area (Å²) in [6, 6.07) is 17.8. The van der Waals surface area contributed by atoms with Crippen molar-refractivity contribution in [2.75, 3.05) is 13.7 Å². The molecule has 0 saturated heterocycles. The number of carbonyl (C=O) groups excluding carboxylic acids is 2. The minimum absolute atomic E-state index is 0.153. The second-order valence-corrected chi connectivity index (χ2v) is 7.47. The van der Waals surface area contributed by atoms with Crippen LogP contribution in [0.15, 0.2) is 65.8 Å². The lowest BCUT2D eigenvalue weighted by Gasteiger charge is -2.11. The number of nitrogens with one attached hydrogen (secondary N) is 1. The first kappa shape index (κ1) is 23.5. The highest BCUT2D eigenvalue weighted by molar-refractivity contribution is 5.91. The summed E-state index contributed by atoms with van der Waals surface area (Å²) in [7, 11) is 1.48. The fourth-order valence-corrected chi connectivity index (χ4v) is 3.07. The first-order valence-electron chi connectivity index (χ1n) is 10.3. The van der Waals surface area contributed by atoms with Crippen molar-refractivity contribution in [3.8, 4) is 17.2 Å². The highest BCUT2D eigenvalue weighted by Gasteiger charge is 2.13. The van der Waals surface area contributed by atoms with E-state index in [1.165, 1.54) is 13.3 Å². The van der Waals surface area contributed by atoms with E-state index in [2.05, 4.69) is 10.5 Å². The van der Waals surface area contributed by atoms with Gasteiger partial charge in [-0.15, -0.1) is 0 Å². The maximum Gasteiger partial charge on any atom is 0.343 e. The molecule has 0 bridgehead atoms. The molecular formula is C26H26N2O5. The number of carbonyl (C=O) groups is 2. The summed E-state index contributed by atoms with van der Waals surface area (Å²) in [6.45, 7) is 5.64. The molecule has 0 aliphatic heterocycles. The topological polar surface area (TPSA) is 86.2 Å². The predicted octanol–water partition coefficient (Wildman–Crippen LogP) is 4.37. The van der Waals surface area contributed by atoms with Gasteiger partial charge in [0.05, 0.1) is 18.9 Å². The highest BCUT2D eigenvalue weighted by Crippen LogP contribution is 2.28.